The van der Waals surface area contributed by atoms with E-state index in [1.165, 1.54) is 9.65 Å². The van der Waals surface area contributed by atoms with Gasteiger partial charge in [0, 0.05) is 0 Å². The number of benzene rings is 2. The molecule has 0 aromatic heterocycles. The maximum absolute atomic E-state index is 12.7. The first-order chi connectivity index (χ1) is 11.5. The van der Waals surface area contributed by atoms with Gasteiger partial charge in [0.25, 0.3) is 0 Å². The average molecular weight is 405 g/mol. The van der Waals surface area contributed by atoms with Crippen molar-refractivity contribution in [3.05, 3.63) is 60.7 Å². The number of esters is 1. The van der Waals surface area contributed by atoms with Crippen LogP contribution in [0.1, 0.15) is 13.8 Å². The predicted molar refractivity (Wildman–Crippen MR) is 105 cm³/mol. The maximum atomic E-state index is 12.7. The van der Waals surface area contributed by atoms with E-state index in [-0.39, 0.29) is 25.7 Å². The molecule has 2 nitrogen and oxygen atoms in total. The van der Waals surface area contributed by atoms with Gasteiger partial charge in [-0.2, -0.15) is 0 Å². The zero-order valence-electron chi connectivity index (χ0n) is 14.9. The van der Waals surface area contributed by atoms with Gasteiger partial charge in [0.05, 0.1) is 0 Å². The Balaban J connectivity index is 2.29. The monoisotopic (exact) mass is 406 g/mol. The summed E-state index contributed by atoms with van der Waals surface area (Å²) in [5.41, 5.74) is 0.319. The normalized spacial score (nSPS) is 14.0. The Labute approximate surface area is 152 Å². The molecule has 0 saturated carbocycles. The van der Waals surface area contributed by atoms with E-state index in [1.807, 2.05) is 25.1 Å². The van der Waals surface area contributed by atoms with E-state index >= 15 is 0 Å². The van der Waals surface area contributed by atoms with E-state index < -0.39 is 8.07 Å². The first-order valence-electron chi connectivity index (χ1n) is 8.40. The minimum absolute atomic E-state index is 0.0367. The van der Waals surface area contributed by atoms with Gasteiger partial charge in [-0.25, -0.2) is 0 Å². The van der Waals surface area contributed by atoms with Crippen LogP contribution in [0.3, 0.4) is 0 Å². The Kier molecular flexibility index (Phi) is 6.85. The van der Waals surface area contributed by atoms with E-state index in [0.717, 1.165) is 0 Å². The third-order valence-electron chi connectivity index (χ3n) is 4.64. The van der Waals surface area contributed by atoms with E-state index in [0.29, 0.717) is 12.1 Å². The van der Waals surface area contributed by atoms with Gasteiger partial charge >= 0.3 is 153 Å². The Hall–Kier alpha value is -1.35. The third-order valence-corrected chi connectivity index (χ3v) is 12.5. The second-order valence-corrected chi connectivity index (χ2v) is 14.0. The number of ether oxygens (including phenoxy) is 1. The number of carbonyl (C=O) groups excluding carboxylic acids is 1. The quantitative estimate of drug-likeness (QED) is 0.522. The molecule has 24 heavy (non-hydrogen) atoms. The first kappa shape index (κ1) is 19.0. The molecule has 0 unspecified atom stereocenters. The van der Waals surface area contributed by atoms with Crippen molar-refractivity contribution in [2.45, 2.75) is 37.3 Å². The Morgan fingerprint density at radius 2 is 1.58 bits per heavy atom. The van der Waals surface area contributed by atoms with Crippen molar-refractivity contribution in [2.24, 2.45) is 0 Å². The zero-order valence-corrected chi connectivity index (χ0v) is 17.6. The fourth-order valence-corrected chi connectivity index (χ4v) is 9.75. The van der Waals surface area contributed by atoms with Crippen molar-refractivity contribution in [3.63, 3.8) is 0 Å². The van der Waals surface area contributed by atoms with Crippen molar-refractivity contribution < 1.29 is 9.53 Å². The van der Waals surface area contributed by atoms with Crippen LogP contribution in [0.2, 0.25) is 23.5 Å². The van der Waals surface area contributed by atoms with Gasteiger partial charge in [-0.1, -0.05) is 0 Å². The number of hydrogen-bond donors (Lipinski definition) is 0. The second-order valence-electron chi connectivity index (χ2n) is 6.48. The third kappa shape index (κ3) is 4.59. The van der Waals surface area contributed by atoms with Crippen LogP contribution in [0.4, 0.5) is 0 Å². The van der Waals surface area contributed by atoms with Gasteiger partial charge in [-0.05, 0) is 0 Å². The van der Waals surface area contributed by atoms with Crippen LogP contribution < -0.4 is 9.65 Å². The molecule has 4 heteroatoms. The Bertz CT molecular complexity index is 643. The van der Waals surface area contributed by atoms with Crippen LogP contribution in [0, 0.1) is 0 Å². The fraction of sp³-hybridized carbons (Fsp3) is 0.350. The summed E-state index contributed by atoms with van der Waals surface area (Å²) in [6.07, 6.45) is 0. The summed E-state index contributed by atoms with van der Waals surface area (Å²) < 4.78 is 6.68. The standard InChI is InChI=1S/C20H26O2SeSi/c1-5-22-20(21)19(23-17-12-8-6-9-13-17)16(2)24(3,4)18-14-10-7-11-15-18/h6-16,19H,5H2,1-4H3/t16-,19-/m1/s1. The molecule has 2 aromatic carbocycles. The number of hydrogen-bond acceptors (Lipinski definition) is 2. The van der Waals surface area contributed by atoms with Crippen LogP contribution in [0.5, 0.6) is 0 Å². The summed E-state index contributed by atoms with van der Waals surface area (Å²) in [7, 11) is -1.78. The molecule has 2 rings (SSSR count). The molecule has 0 amide bonds. The van der Waals surface area contributed by atoms with Crippen molar-refractivity contribution in [1.29, 1.82) is 0 Å². The summed E-state index contributed by atoms with van der Waals surface area (Å²) in [6, 6.07) is 21.0. The molecule has 0 spiro atoms. The van der Waals surface area contributed by atoms with Crippen molar-refractivity contribution >= 4 is 38.6 Å². The molecule has 0 aliphatic rings. The molecule has 0 bridgehead atoms. The molecule has 0 aliphatic heterocycles. The number of rotatable bonds is 7. The van der Waals surface area contributed by atoms with Gasteiger partial charge < -0.3 is 0 Å². The SMILES string of the molecule is CCOC(=O)[C@H]([Se]c1ccccc1)[C@@H](C)[Si](C)(C)c1ccccc1. The second kappa shape index (κ2) is 8.66. The molecule has 0 aliphatic carbocycles. The van der Waals surface area contributed by atoms with E-state index in [4.69, 9.17) is 4.74 Å². The molecule has 2 aromatic rings. The molecule has 0 fully saturated rings. The summed E-state index contributed by atoms with van der Waals surface area (Å²) >= 11 is 0.0754. The van der Waals surface area contributed by atoms with Gasteiger partial charge in [0.2, 0.25) is 0 Å². The summed E-state index contributed by atoms with van der Waals surface area (Å²) in [5.74, 6) is -0.0367. The summed E-state index contributed by atoms with van der Waals surface area (Å²) in [4.78, 5) is 12.6. The van der Waals surface area contributed by atoms with Crippen LogP contribution in [0.25, 0.3) is 0 Å². The number of carbonyl (C=O) groups is 1. The molecular weight excluding hydrogens is 379 g/mol. The van der Waals surface area contributed by atoms with Crippen LogP contribution >= 0.6 is 0 Å². The van der Waals surface area contributed by atoms with Crippen LogP contribution in [-0.2, 0) is 9.53 Å². The van der Waals surface area contributed by atoms with E-state index in [2.05, 4.69) is 62.5 Å². The summed E-state index contributed by atoms with van der Waals surface area (Å²) in [6.45, 7) is 9.29. The summed E-state index contributed by atoms with van der Waals surface area (Å²) in [5, 5.41) is 1.40. The minimum atomic E-state index is -1.78. The molecule has 0 radical (unpaired) electrons. The Morgan fingerprint density at radius 1 is 1.04 bits per heavy atom. The van der Waals surface area contributed by atoms with Crippen molar-refractivity contribution in [3.8, 4) is 0 Å². The molecule has 128 valence electrons. The molecule has 0 heterocycles. The predicted octanol–water partition coefficient (Wildman–Crippen LogP) is 3.37. The zero-order chi connectivity index (χ0) is 17.6. The van der Waals surface area contributed by atoms with Gasteiger partial charge in [-0.3, -0.25) is 0 Å². The molecule has 2 atom stereocenters. The van der Waals surface area contributed by atoms with Gasteiger partial charge in [-0.15, -0.1) is 0 Å². The van der Waals surface area contributed by atoms with Gasteiger partial charge in [0.15, 0.2) is 0 Å². The van der Waals surface area contributed by atoms with Crippen LogP contribution in [0.15, 0.2) is 60.7 Å². The van der Waals surface area contributed by atoms with Crippen molar-refractivity contribution in [2.75, 3.05) is 6.61 Å². The molecular formula is C20H26O2SeSi. The molecule has 0 N–H and O–H groups in total. The van der Waals surface area contributed by atoms with Crippen LogP contribution in [-0.4, -0.2) is 35.6 Å². The van der Waals surface area contributed by atoms with Crippen molar-refractivity contribution in [1.82, 2.24) is 0 Å². The molecule has 0 saturated heterocycles. The van der Waals surface area contributed by atoms with E-state index in [1.54, 1.807) is 0 Å². The van der Waals surface area contributed by atoms with Gasteiger partial charge in [0.1, 0.15) is 0 Å². The first-order valence-corrected chi connectivity index (χ1v) is 13.3. The fourth-order valence-electron chi connectivity index (χ4n) is 2.73. The Morgan fingerprint density at radius 3 is 2.12 bits per heavy atom. The topological polar surface area (TPSA) is 26.3 Å². The average Bonchev–Trinajstić information content (AvgIpc) is 2.61. The van der Waals surface area contributed by atoms with E-state index in [9.17, 15) is 4.79 Å².